The summed E-state index contributed by atoms with van der Waals surface area (Å²) in [5, 5.41) is 14.6. The summed E-state index contributed by atoms with van der Waals surface area (Å²) in [4.78, 5) is 17.2. The number of aromatic nitrogens is 1. The number of nitro groups is 1. The van der Waals surface area contributed by atoms with Crippen molar-refractivity contribution in [1.29, 1.82) is 0 Å². The maximum absolute atomic E-state index is 11.0. The third kappa shape index (κ3) is 2.96. The van der Waals surface area contributed by atoms with E-state index in [1.165, 1.54) is 19.0 Å². The lowest BCUT2D eigenvalue weighted by Crippen LogP contribution is -2.41. The van der Waals surface area contributed by atoms with Gasteiger partial charge in [0.2, 0.25) is 0 Å². The van der Waals surface area contributed by atoms with Gasteiger partial charge in [0.15, 0.2) is 0 Å². The Morgan fingerprint density at radius 3 is 2.73 bits per heavy atom. The molecule has 0 spiro atoms. The van der Waals surface area contributed by atoms with E-state index in [-0.39, 0.29) is 10.6 Å². The van der Waals surface area contributed by atoms with Crippen molar-refractivity contribution < 1.29 is 4.92 Å². The van der Waals surface area contributed by atoms with Gasteiger partial charge in [0.25, 0.3) is 5.69 Å². The van der Waals surface area contributed by atoms with Crippen molar-refractivity contribution in [1.82, 2.24) is 10.3 Å². The molecule has 2 aliphatic heterocycles. The normalized spacial score (nSPS) is 23.0. The van der Waals surface area contributed by atoms with E-state index < -0.39 is 0 Å². The molecule has 1 aromatic heterocycles. The molecule has 6 nitrogen and oxygen atoms in total. The van der Waals surface area contributed by atoms with Crippen LogP contribution in [-0.4, -0.2) is 35.6 Å². The van der Waals surface area contributed by atoms with Gasteiger partial charge in [-0.2, -0.15) is 0 Å². The molecule has 7 heteroatoms. The number of rotatable bonds is 3. The Balaban J connectivity index is 1.71. The highest BCUT2D eigenvalue weighted by atomic mass is 79.9. The largest absolute Gasteiger partial charge is 0.356 e. The van der Waals surface area contributed by atoms with Crippen molar-refractivity contribution >= 4 is 27.4 Å². The quantitative estimate of drug-likeness (QED) is 0.655. The van der Waals surface area contributed by atoms with Crippen LogP contribution in [0.3, 0.4) is 0 Å². The zero-order valence-electron chi connectivity index (χ0n) is 12.7. The SMILES string of the molecule is Cc1c([N+](=O)[O-])cnc(N2CCC(C3CCCN3)CC2)c1Br. The molecule has 1 N–H and O–H groups in total. The van der Waals surface area contributed by atoms with E-state index in [1.807, 2.05) is 0 Å². The molecular weight excluding hydrogens is 348 g/mol. The minimum Gasteiger partial charge on any atom is -0.356 e. The highest BCUT2D eigenvalue weighted by Gasteiger charge is 2.30. The molecule has 3 heterocycles. The Morgan fingerprint density at radius 1 is 1.41 bits per heavy atom. The number of hydrogen-bond donors (Lipinski definition) is 1. The molecule has 0 radical (unpaired) electrons. The Morgan fingerprint density at radius 2 is 2.14 bits per heavy atom. The van der Waals surface area contributed by atoms with Gasteiger partial charge in [-0.3, -0.25) is 10.1 Å². The van der Waals surface area contributed by atoms with Gasteiger partial charge in [0.05, 0.1) is 9.40 Å². The third-order valence-electron chi connectivity index (χ3n) is 4.92. The van der Waals surface area contributed by atoms with Gasteiger partial charge in [-0.1, -0.05) is 0 Å². The predicted octanol–water partition coefficient (Wildman–Crippen LogP) is 3.03. The highest BCUT2D eigenvalue weighted by Crippen LogP contribution is 2.35. The number of nitrogens with zero attached hydrogens (tertiary/aromatic N) is 3. The first-order valence-electron chi connectivity index (χ1n) is 7.85. The standard InChI is InChI=1S/C15H21BrN4O2/c1-10-13(20(21)22)9-18-15(14(10)16)19-7-4-11(5-8-19)12-3-2-6-17-12/h9,11-12,17H,2-8H2,1H3. The van der Waals surface area contributed by atoms with Crippen molar-refractivity contribution in [2.24, 2.45) is 5.92 Å². The van der Waals surface area contributed by atoms with E-state index >= 15 is 0 Å². The van der Waals surface area contributed by atoms with Crippen molar-refractivity contribution in [3.05, 3.63) is 26.3 Å². The van der Waals surface area contributed by atoms with Crippen LogP contribution in [0.25, 0.3) is 0 Å². The van der Waals surface area contributed by atoms with Crippen LogP contribution in [0.1, 0.15) is 31.2 Å². The molecule has 1 aromatic rings. The van der Waals surface area contributed by atoms with Gasteiger partial charge < -0.3 is 10.2 Å². The van der Waals surface area contributed by atoms with Crippen molar-refractivity contribution in [2.45, 2.75) is 38.6 Å². The van der Waals surface area contributed by atoms with Crippen LogP contribution in [-0.2, 0) is 0 Å². The maximum Gasteiger partial charge on any atom is 0.291 e. The van der Waals surface area contributed by atoms with Gasteiger partial charge in [0.1, 0.15) is 12.0 Å². The summed E-state index contributed by atoms with van der Waals surface area (Å²) in [6.45, 7) is 4.85. The molecule has 0 bridgehead atoms. The number of piperidine rings is 1. The topological polar surface area (TPSA) is 71.3 Å². The van der Waals surface area contributed by atoms with Crippen molar-refractivity contribution in [2.75, 3.05) is 24.5 Å². The Hall–Kier alpha value is -1.21. The molecule has 0 saturated carbocycles. The van der Waals surface area contributed by atoms with Crippen LogP contribution in [0, 0.1) is 23.0 Å². The van der Waals surface area contributed by atoms with Crippen LogP contribution >= 0.6 is 15.9 Å². The van der Waals surface area contributed by atoms with E-state index in [0.29, 0.717) is 11.6 Å². The summed E-state index contributed by atoms with van der Waals surface area (Å²) in [5.41, 5.74) is 0.718. The first-order chi connectivity index (χ1) is 10.6. The molecule has 3 rings (SSSR count). The maximum atomic E-state index is 11.0. The molecule has 2 saturated heterocycles. The van der Waals surface area contributed by atoms with Gasteiger partial charge in [0, 0.05) is 24.7 Å². The van der Waals surface area contributed by atoms with Gasteiger partial charge >= 0.3 is 0 Å². The van der Waals surface area contributed by atoms with Gasteiger partial charge in [-0.15, -0.1) is 0 Å². The summed E-state index contributed by atoms with van der Waals surface area (Å²) in [6, 6.07) is 0.678. The van der Waals surface area contributed by atoms with Crippen LogP contribution < -0.4 is 10.2 Å². The minimum absolute atomic E-state index is 0.0701. The number of anilines is 1. The summed E-state index contributed by atoms with van der Waals surface area (Å²) in [6.07, 6.45) is 6.27. The van der Waals surface area contributed by atoms with Crippen LogP contribution in [0.4, 0.5) is 11.5 Å². The Kier molecular flexibility index (Phi) is 4.63. The Labute approximate surface area is 138 Å². The first kappa shape index (κ1) is 15.7. The fraction of sp³-hybridized carbons (Fsp3) is 0.667. The highest BCUT2D eigenvalue weighted by molar-refractivity contribution is 9.10. The van der Waals surface area contributed by atoms with Crippen LogP contribution in [0.2, 0.25) is 0 Å². The second-order valence-electron chi connectivity index (χ2n) is 6.19. The molecular formula is C15H21BrN4O2. The summed E-state index contributed by atoms with van der Waals surface area (Å²) in [7, 11) is 0. The molecule has 0 aromatic carbocycles. The minimum atomic E-state index is -0.380. The fourth-order valence-electron chi connectivity index (χ4n) is 3.59. The second kappa shape index (κ2) is 6.50. The molecule has 1 unspecified atom stereocenters. The molecule has 22 heavy (non-hydrogen) atoms. The van der Waals surface area contributed by atoms with E-state index in [4.69, 9.17) is 0 Å². The number of nitrogens with one attached hydrogen (secondary N) is 1. The third-order valence-corrected chi connectivity index (χ3v) is 5.87. The lowest BCUT2D eigenvalue weighted by atomic mass is 9.88. The lowest BCUT2D eigenvalue weighted by Gasteiger charge is -2.36. The van der Waals surface area contributed by atoms with E-state index in [1.54, 1.807) is 6.92 Å². The summed E-state index contributed by atoms with van der Waals surface area (Å²) < 4.78 is 0.749. The fourth-order valence-corrected chi connectivity index (χ4v) is 4.14. The summed E-state index contributed by atoms with van der Waals surface area (Å²) >= 11 is 3.50. The van der Waals surface area contributed by atoms with E-state index in [9.17, 15) is 10.1 Å². The average Bonchev–Trinajstić information content (AvgIpc) is 3.04. The van der Waals surface area contributed by atoms with Gasteiger partial charge in [-0.05, 0) is 61.0 Å². The molecule has 120 valence electrons. The smallest absolute Gasteiger partial charge is 0.291 e. The van der Waals surface area contributed by atoms with Crippen molar-refractivity contribution in [3.8, 4) is 0 Å². The van der Waals surface area contributed by atoms with E-state index in [2.05, 4.69) is 31.1 Å². The molecule has 0 aliphatic carbocycles. The average molecular weight is 369 g/mol. The second-order valence-corrected chi connectivity index (χ2v) is 6.98. The molecule has 1 atom stereocenters. The molecule has 2 aliphatic rings. The van der Waals surface area contributed by atoms with Crippen molar-refractivity contribution in [3.63, 3.8) is 0 Å². The van der Waals surface area contributed by atoms with E-state index in [0.717, 1.165) is 48.7 Å². The molecule has 0 amide bonds. The zero-order chi connectivity index (χ0) is 15.7. The number of pyridine rings is 1. The van der Waals surface area contributed by atoms with Crippen LogP contribution in [0.5, 0.6) is 0 Å². The first-order valence-corrected chi connectivity index (χ1v) is 8.65. The predicted molar refractivity (Wildman–Crippen MR) is 89.3 cm³/mol. The number of hydrogen-bond acceptors (Lipinski definition) is 5. The lowest BCUT2D eigenvalue weighted by molar-refractivity contribution is -0.385. The molecule has 2 fully saturated rings. The summed E-state index contributed by atoms with van der Waals surface area (Å²) in [5.74, 6) is 1.58. The zero-order valence-corrected chi connectivity index (χ0v) is 14.3. The Bertz CT molecular complexity index is 567. The number of halogens is 1. The monoisotopic (exact) mass is 368 g/mol. The van der Waals surface area contributed by atoms with Crippen LogP contribution in [0.15, 0.2) is 10.7 Å². The van der Waals surface area contributed by atoms with Gasteiger partial charge in [-0.25, -0.2) is 4.98 Å².